The van der Waals surface area contributed by atoms with Crippen molar-refractivity contribution in [2.45, 2.75) is 51.5 Å². The summed E-state index contributed by atoms with van der Waals surface area (Å²) in [5.74, 6) is 0.351. The summed E-state index contributed by atoms with van der Waals surface area (Å²) in [5.41, 5.74) is 0.929. The average molecular weight is 348 g/mol. The number of aliphatic imine (C=N–C) groups is 1. The molecule has 2 rings (SSSR count). The zero-order valence-electron chi connectivity index (χ0n) is 15.0. The van der Waals surface area contributed by atoms with Gasteiger partial charge >= 0.3 is 0 Å². The summed E-state index contributed by atoms with van der Waals surface area (Å²) < 4.78 is 13.2. The third kappa shape index (κ3) is 7.54. The Labute approximate surface area is 149 Å². The van der Waals surface area contributed by atoms with Crippen molar-refractivity contribution < 1.29 is 9.18 Å². The molecule has 25 heavy (non-hydrogen) atoms. The van der Waals surface area contributed by atoms with E-state index in [1.54, 1.807) is 6.07 Å². The predicted octanol–water partition coefficient (Wildman–Crippen LogP) is 2.37. The summed E-state index contributed by atoms with van der Waals surface area (Å²) in [5, 5.41) is 9.37. The second kappa shape index (κ2) is 10.7. The van der Waals surface area contributed by atoms with E-state index in [9.17, 15) is 9.18 Å². The highest BCUT2D eigenvalue weighted by Crippen LogP contribution is 2.17. The highest BCUT2D eigenvalue weighted by Gasteiger charge is 2.15. The lowest BCUT2D eigenvalue weighted by molar-refractivity contribution is -0.120. The molecular formula is C19H29FN4O. The zero-order valence-corrected chi connectivity index (χ0v) is 15.0. The van der Waals surface area contributed by atoms with E-state index in [0.29, 0.717) is 25.0 Å². The van der Waals surface area contributed by atoms with Crippen LogP contribution >= 0.6 is 0 Å². The van der Waals surface area contributed by atoms with Crippen LogP contribution in [-0.4, -0.2) is 37.5 Å². The van der Waals surface area contributed by atoms with Gasteiger partial charge < -0.3 is 16.0 Å². The molecule has 0 aliphatic heterocycles. The first-order valence-corrected chi connectivity index (χ1v) is 9.23. The van der Waals surface area contributed by atoms with Crippen LogP contribution in [0.5, 0.6) is 0 Å². The van der Waals surface area contributed by atoms with E-state index >= 15 is 0 Å². The molecule has 1 aliphatic rings. The number of benzene rings is 1. The lowest BCUT2D eigenvalue weighted by atomic mass is 9.95. The van der Waals surface area contributed by atoms with Gasteiger partial charge in [-0.1, -0.05) is 31.4 Å². The molecule has 0 spiro atoms. The van der Waals surface area contributed by atoms with Crippen LogP contribution < -0.4 is 16.0 Å². The van der Waals surface area contributed by atoms with Crippen molar-refractivity contribution in [3.8, 4) is 0 Å². The van der Waals surface area contributed by atoms with Crippen molar-refractivity contribution in [3.05, 3.63) is 35.6 Å². The van der Waals surface area contributed by atoms with Crippen LogP contribution in [-0.2, 0) is 11.2 Å². The molecule has 0 aromatic heterocycles. The summed E-state index contributed by atoms with van der Waals surface area (Å²) in [6.45, 7) is 3.44. The van der Waals surface area contributed by atoms with Crippen molar-refractivity contribution in [1.82, 2.24) is 16.0 Å². The topological polar surface area (TPSA) is 65.5 Å². The molecule has 1 saturated carbocycles. The monoisotopic (exact) mass is 348 g/mol. The number of nitrogens with one attached hydrogen (secondary N) is 3. The molecule has 5 nitrogen and oxygen atoms in total. The van der Waals surface area contributed by atoms with Crippen molar-refractivity contribution in [2.75, 3.05) is 19.6 Å². The average Bonchev–Trinajstić information content (AvgIpc) is 2.60. The third-order valence-corrected chi connectivity index (χ3v) is 4.29. The van der Waals surface area contributed by atoms with E-state index in [0.717, 1.165) is 24.9 Å². The molecule has 0 heterocycles. The minimum absolute atomic E-state index is 0.0331. The van der Waals surface area contributed by atoms with Crippen molar-refractivity contribution in [2.24, 2.45) is 4.99 Å². The fourth-order valence-corrected chi connectivity index (χ4v) is 3.03. The lowest BCUT2D eigenvalue weighted by Crippen LogP contribution is -2.41. The number of carbonyl (C=O) groups excluding carboxylic acids is 1. The molecule has 0 atom stereocenters. The number of guanidine groups is 1. The van der Waals surface area contributed by atoms with E-state index in [4.69, 9.17) is 0 Å². The molecule has 1 aromatic carbocycles. The standard InChI is InChI=1S/C19H29FN4O/c1-2-21-19(22-12-11-15-7-6-8-16(20)13-15)23-14-18(25)24-17-9-4-3-5-10-17/h6-8,13,17H,2-5,9-12,14H2,1H3,(H,24,25)(H2,21,22,23). The van der Waals surface area contributed by atoms with Crippen LogP contribution in [0.1, 0.15) is 44.6 Å². The van der Waals surface area contributed by atoms with E-state index in [-0.39, 0.29) is 18.3 Å². The fourth-order valence-electron chi connectivity index (χ4n) is 3.03. The Hall–Kier alpha value is -2.11. The van der Waals surface area contributed by atoms with Crippen LogP contribution in [0.15, 0.2) is 29.3 Å². The number of carbonyl (C=O) groups is 1. The maximum atomic E-state index is 13.2. The van der Waals surface area contributed by atoms with Crippen LogP contribution in [0.2, 0.25) is 0 Å². The summed E-state index contributed by atoms with van der Waals surface area (Å²) in [6, 6.07) is 6.88. The van der Waals surface area contributed by atoms with Gasteiger partial charge in [-0.25, -0.2) is 9.38 Å². The molecule has 6 heteroatoms. The number of amides is 1. The maximum absolute atomic E-state index is 13.2. The smallest absolute Gasteiger partial charge is 0.242 e. The number of nitrogens with zero attached hydrogens (tertiary/aromatic N) is 1. The number of halogens is 1. The summed E-state index contributed by atoms with van der Waals surface area (Å²) in [4.78, 5) is 16.4. The summed E-state index contributed by atoms with van der Waals surface area (Å²) in [7, 11) is 0. The molecule has 138 valence electrons. The molecular weight excluding hydrogens is 319 g/mol. The highest BCUT2D eigenvalue weighted by atomic mass is 19.1. The Bertz CT molecular complexity index is 570. The molecule has 3 N–H and O–H groups in total. The van der Waals surface area contributed by atoms with Gasteiger partial charge in [-0.2, -0.15) is 0 Å². The first kappa shape index (κ1) is 19.2. The molecule has 1 amide bonds. The van der Waals surface area contributed by atoms with Crippen molar-refractivity contribution >= 4 is 11.9 Å². The Morgan fingerprint density at radius 2 is 2.04 bits per heavy atom. The predicted molar refractivity (Wildman–Crippen MR) is 99.1 cm³/mol. The second-order valence-corrected chi connectivity index (χ2v) is 6.40. The van der Waals surface area contributed by atoms with Gasteiger partial charge in [0.1, 0.15) is 12.4 Å². The molecule has 1 aromatic rings. The Morgan fingerprint density at radius 3 is 2.76 bits per heavy atom. The fraction of sp³-hybridized carbons (Fsp3) is 0.579. The molecule has 1 aliphatic carbocycles. The van der Waals surface area contributed by atoms with Crippen LogP contribution in [0, 0.1) is 5.82 Å². The van der Waals surface area contributed by atoms with Gasteiger partial charge in [0.15, 0.2) is 5.96 Å². The quantitative estimate of drug-likeness (QED) is 0.524. The normalized spacial score (nSPS) is 15.7. The molecule has 0 saturated heterocycles. The molecule has 1 fully saturated rings. The Balaban J connectivity index is 1.75. The van der Waals surface area contributed by atoms with Gasteiger partial charge in [0, 0.05) is 19.1 Å². The first-order valence-electron chi connectivity index (χ1n) is 9.23. The Kier molecular flexibility index (Phi) is 8.22. The van der Waals surface area contributed by atoms with Crippen LogP contribution in [0.25, 0.3) is 0 Å². The SMILES string of the molecule is CCNC(=NCC(=O)NC1CCCCC1)NCCc1cccc(F)c1. The summed E-state index contributed by atoms with van der Waals surface area (Å²) in [6.07, 6.45) is 6.49. The molecule has 0 unspecified atom stereocenters. The first-order chi connectivity index (χ1) is 12.2. The van der Waals surface area contributed by atoms with Crippen molar-refractivity contribution in [1.29, 1.82) is 0 Å². The minimum Gasteiger partial charge on any atom is -0.357 e. The highest BCUT2D eigenvalue weighted by molar-refractivity contribution is 5.85. The lowest BCUT2D eigenvalue weighted by Gasteiger charge is -2.22. The van der Waals surface area contributed by atoms with Crippen molar-refractivity contribution in [3.63, 3.8) is 0 Å². The van der Waals surface area contributed by atoms with Crippen LogP contribution in [0.4, 0.5) is 4.39 Å². The van der Waals surface area contributed by atoms with Gasteiger partial charge in [0.2, 0.25) is 5.91 Å². The minimum atomic E-state index is -0.225. The molecule has 0 bridgehead atoms. The van der Waals surface area contributed by atoms with Gasteiger partial charge in [0.25, 0.3) is 0 Å². The third-order valence-electron chi connectivity index (χ3n) is 4.29. The van der Waals surface area contributed by atoms with Gasteiger partial charge in [-0.05, 0) is 43.9 Å². The van der Waals surface area contributed by atoms with E-state index in [1.165, 1.54) is 31.4 Å². The number of hydrogen-bond acceptors (Lipinski definition) is 2. The second-order valence-electron chi connectivity index (χ2n) is 6.40. The summed E-state index contributed by atoms with van der Waals surface area (Å²) >= 11 is 0. The van der Waals surface area contributed by atoms with E-state index < -0.39 is 0 Å². The largest absolute Gasteiger partial charge is 0.357 e. The number of hydrogen-bond donors (Lipinski definition) is 3. The van der Waals surface area contributed by atoms with Gasteiger partial charge in [0.05, 0.1) is 0 Å². The van der Waals surface area contributed by atoms with Crippen LogP contribution in [0.3, 0.4) is 0 Å². The van der Waals surface area contributed by atoms with Gasteiger partial charge in [-0.15, -0.1) is 0 Å². The molecule has 0 radical (unpaired) electrons. The number of rotatable bonds is 7. The van der Waals surface area contributed by atoms with E-state index in [1.807, 2.05) is 13.0 Å². The van der Waals surface area contributed by atoms with E-state index in [2.05, 4.69) is 20.9 Å². The van der Waals surface area contributed by atoms with Gasteiger partial charge in [-0.3, -0.25) is 4.79 Å². The zero-order chi connectivity index (χ0) is 17.9. The maximum Gasteiger partial charge on any atom is 0.242 e. The Morgan fingerprint density at radius 1 is 1.24 bits per heavy atom.